The standard InChI is InChI=1S/C14H22N4O/c1-7(2)14-16-8(3)6-10(18-14)17-12-11(15)9-4-5-19-13(9)12/h6-7,9,11-13H,4-5,15H2,1-3H3,(H,16,17,18). The van der Waals surface area contributed by atoms with Crippen LogP contribution >= 0.6 is 0 Å². The van der Waals surface area contributed by atoms with Gasteiger partial charge in [0.15, 0.2) is 0 Å². The molecule has 0 spiro atoms. The molecular weight excluding hydrogens is 240 g/mol. The van der Waals surface area contributed by atoms with E-state index in [9.17, 15) is 0 Å². The number of hydrogen-bond acceptors (Lipinski definition) is 5. The molecule has 0 bridgehead atoms. The Morgan fingerprint density at radius 1 is 1.42 bits per heavy atom. The van der Waals surface area contributed by atoms with Crippen molar-refractivity contribution in [2.24, 2.45) is 11.7 Å². The second kappa shape index (κ2) is 4.72. The summed E-state index contributed by atoms with van der Waals surface area (Å²) in [6.07, 6.45) is 1.34. The van der Waals surface area contributed by atoms with E-state index in [-0.39, 0.29) is 18.2 Å². The molecule has 3 rings (SSSR count). The van der Waals surface area contributed by atoms with E-state index in [0.29, 0.717) is 11.8 Å². The van der Waals surface area contributed by atoms with Gasteiger partial charge in [-0.1, -0.05) is 13.8 Å². The van der Waals surface area contributed by atoms with E-state index >= 15 is 0 Å². The van der Waals surface area contributed by atoms with E-state index in [1.165, 1.54) is 0 Å². The zero-order chi connectivity index (χ0) is 13.6. The van der Waals surface area contributed by atoms with Crippen molar-refractivity contribution in [3.05, 3.63) is 17.6 Å². The third-order valence-corrected chi connectivity index (χ3v) is 4.15. The summed E-state index contributed by atoms with van der Waals surface area (Å²) in [5.74, 6) is 2.58. The minimum atomic E-state index is 0.172. The van der Waals surface area contributed by atoms with Gasteiger partial charge in [0, 0.05) is 36.2 Å². The molecule has 4 unspecified atom stereocenters. The minimum Gasteiger partial charge on any atom is -0.376 e. The number of rotatable bonds is 3. The molecule has 1 saturated heterocycles. The maximum atomic E-state index is 6.21. The fourth-order valence-electron chi connectivity index (χ4n) is 3.02. The van der Waals surface area contributed by atoms with Crippen LogP contribution in [0.25, 0.3) is 0 Å². The molecule has 4 atom stereocenters. The highest BCUT2D eigenvalue weighted by atomic mass is 16.5. The number of ether oxygens (including phenoxy) is 1. The smallest absolute Gasteiger partial charge is 0.133 e. The minimum absolute atomic E-state index is 0.172. The summed E-state index contributed by atoms with van der Waals surface area (Å²) in [4.78, 5) is 9.03. The van der Waals surface area contributed by atoms with Crippen LogP contribution in [0.2, 0.25) is 0 Å². The number of anilines is 1. The first-order valence-corrected chi connectivity index (χ1v) is 7.05. The molecular formula is C14H22N4O. The van der Waals surface area contributed by atoms with E-state index in [1.807, 2.05) is 13.0 Å². The zero-order valence-electron chi connectivity index (χ0n) is 11.8. The fraction of sp³-hybridized carbons (Fsp3) is 0.714. The average molecular weight is 262 g/mol. The summed E-state index contributed by atoms with van der Waals surface area (Å²) in [5.41, 5.74) is 7.19. The van der Waals surface area contributed by atoms with Crippen molar-refractivity contribution in [1.82, 2.24) is 9.97 Å². The third kappa shape index (κ3) is 2.21. The Labute approximate surface area is 114 Å². The molecule has 5 nitrogen and oxygen atoms in total. The second-order valence-electron chi connectivity index (χ2n) is 5.94. The summed E-state index contributed by atoms with van der Waals surface area (Å²) in [5, 5.41) is 3.43. The van der Waals surface area contributed by atoms with Gasteiger partial charge in [-0.25, -0.2) is 9.97 Å². The fourth-order valence-corrected chi connectivity index (χ4v) is 3.02. The van der Waals surface area contributed by atoms with E-state index in [4.69, 9.17) is 10.5 Å². The summed E-state index contributed by atoms with van der Waals surface area (Å²) >= 11 is 0. The van der Waals surface area contributed by atoms with E-state index in [2.05, 4.69) is 29.1 Å². The van der Waals surface area contributed by atoms with Crippen molar-refractivity contribution in [1.29, 1.82) is 0 Å². The Bertz CT molecular complexity index is 477. The van der Waals surface area contributed by atoms with Crippen LogP contribution in [0.3, 0.4) is 0 Å². The van der Waals surface area contributed by atoms with Crippen LogP contribution in [0.1, 0.15) is 37.7 Å². The summed E-state index contributed by atoms with van der Waals surface area (Å²) in [7, 11) is 0. The van der Waals surface area contributed by atoms with Gasteiger partial charge in [0.25, 0.3) is 0 Å². The number of nitrogens with one attached hydrogen (secondary N) is 1. The highest BCUT2D eigenvalue weighted by Gasteiger charge is 2.52. The van der Waals surface area contributed by atoms with Gasteiger partial charge in [-0.3, -0.25) is 0 Å². The largest absolute Gasteiger partial charge is 0.376 e. The van der Waals surface area contributed by atoms with Gasteiger partial charge in [0.05, 0.1) is 12.1 Å². The lowest BCUT2D eigenvalue weighted by molar-refractivity contribution is 0.00522. The molecule has 104 valence electrons. The molecule has 1 aromatic rings. The topological polar surface area (TPSA) is 73.1 Å². The number of aryl methyl sites for hydroxylation is 1. The average Bonchev–Trinajstić information content (AvgIpc) is 2.80. The third-order valence-electron chi connectivity index (χ3n) is 4.15. The van der Waals surface area contributed by atoms with Crippen molar-refractivity contribution in [3.63, 3.8) is 0 Å². The predicted molar refractivity (Wildman–Crippen MR) is 74.1 cm³/mol. The molecule has 1 aromatic heterocycles. The van der Waals surface area contributed by atoms with Crippen LogP contribution in [0.15, 0.2) is 6.07 Å². The Hall–Kier alpha value is -1.20. The van der Waals surface area contributed by atoms with E-state index in [1.54, 1.807) is 0 Å². The van der Waals surface area contributed by atoms with Crippen LogP contribution in [-0.4, -0.2) is 34.8 Å². The van der Waals surface area contributed by atoms with Crippen LogP contribution in [0, 0.1) is 12.8 Å². The van der Waals surface area contributed by atoms with Crippen molar-refractivity contribution in [3.8, 4) is 0 Å². The highest BCUT2D eigenvalue weighted by molar-refractivity contribution is 5.40. The Balaban J connectivity index is 1.76. The number of aromatic nitrogens is 2. The number of nitrogens with two attached hydrogens (primary N) is 1. The first-order chi connectivity index (χ1) is 9.06. The van der Waals surface area contributed by atoms with Gasteiger partial charge in [-0.15, -0.1) is 0 Å². The van der Waals surface area contributed by atoms with Crippen molar-refractivity contribution >= 4 is 5.82 Å². The van der Waals surface area contributed by atoms with Gasteiger partial charge < -0.3 is 15.8 Å². The van der Waals surface area contributed by atoms with Gasteiger partial charge in [-0.2, -0.15) is 0 Å². The van der Waals surface area contributed by atoms with Crippen LogP contribution < -0.4 is 11.1 Å². The molecule has 1 aliphatic carbocycles. The molecule has 2 fully saturated rings. The molecule has 1 saturated carbocycles. The van der Waals surface area contributed by atoms with Gasteiger partial charge in [0.1, 0.15) is 11.6 Å². The zero-order valence-corrected chi connectivity index (χ0v) is 11.8. The van der Waals surface area contributed by atoms with Crippen LogP contribution in [-0.2, 0) is 4.74 Å². The van der Waals surface area contributed by atoms with Gasteiger partial charge >= 0.3 is 0 Å². The molecule has 2 aliphatic rings. The first kappa shape index (κ1) is 12.8. The molecule has 3 N–H and O–H groups in total. The molecule has 0 amide bonds. The summed E-state index contributed by atoms with van der Waals surface area (Å²) in [6, 6.07) is 2.33. The highest BCUT2D eigenvalue weighted by Crippen LogP contribution is 2.39. The summed E-state index contributed by atoms with van der Waals surface area (Å²) < 4.78 is 5.73. The summed E-state index contributed by atoms with van der Waals surface area (Å²) in [6.45, 7) is 7.03. The first-order valence-electron chi connectivity index (χ1n) is 7.05. The van der Waals surface area contributed by atoms with Crippen molar-refractivity contribution in [2.45, 2.75) is 51.3 Å². The Kier molecular flexibility index (Phi) is 3.19. The maximum absolute atomic E-state index is 6.21. The molecule has 0 radical (unpaired) electrons. The molecule has 5 heteroatoms. The molecule has 19 heavy (non-hydrogen) atoms. The lowest BCUT2D eigenvalue weighted by atomic mass is 9.72. The van der Waals surface area contributed by atoms with E-state index < -0.39 is 0 Å². The Morgan fingerprint density at radius 3 is 2.95 bits per heavy atom. The molecule has 0 aromatic carbocycles. The van der Waals surface area contributed by atoms with Gasteiger partial charge in [0.2, 0.25) is 0 Å². The lowest BCUT2D eigenvalue weighted by Gasteiger charge is -2.45. The number of hydrogen-bond donors (Lipinski definition) is 2. The molecule has 1 aliphatic heterocycles. The van der Waals surface area contributed by atoms with Gasteiger partial charge in [-0.05, 0) is 13.3 Å². The Morgan fingerprint density at radius 2 is 2.21 bits per heavy atom. The molecule has 2 heterocycles. The second-order valence-corrected chi connectivity index (χ2v) is 5.94. The maximum Gasteiger partial charge on any atom is 0.133 e. The lowest BCUT2D eigenvalue weighted by Crippen LogP contribution is -2.65. The van der Waals surface area contributed by atoms with Crippen LogP contribution in [0.5, 0.6) is 0 Å². The quantitative estimate of drug-likeness (QED) is 0.862. The van der Waals surface area contributed by atoms with E-state index in [0.717, 1.165) is 30.4 Å². The monoisotopic (exact) mass is 262 g/mol. The predicted octanol–water partition coefficient (Wildman–Crippen LogP) is 1.43. The number of nitrogens with zero attached hydrogens (tertiary/aromatic N) is 2. The number of fused-ring (bicyclic) bond motifs is 1. The van der Waals surface area contributed by atoms with Crippen molar-refractivity contribution < 1.29 is 4.74 Å². The SMILES string of the molecule is Cc1cc(NC2C(N)C3CCOC32)nc(C(C)C)n1. The van der Waals surface area contributed by atoms with Crippen LogP contribution in [0.4, 0.5) is 5.82 Å². The van der Waals surface area contributed by atoms with Crippen molar-refractivity contribution in [2.75, 3.05) is 11.9 Å². The normalized spacial score (nSPS) is 33.1.